The van der Waals surface area contributed by atoms with Crippen molar-refractivity contribution in [2.24, 2.45) is 5.92 Å². The lowest BCUT2D eigenvalue weighted by atomic mass is 9.98. The minimum absolute atomic E-state index is 0.203. The van der Waals surface area contributed by atoms with Gasteiger partial charge in [-0.15, -0.1) is 0 Å². The summed E-state index contributed by atoms with van der Waals surface area (Å²) in [5.41, 5.74) is 1.08. The molecule has 122 valence electrons. The van der Waals surface area contributed by atoms with E-state index in [1.54, 1.807) is 0 Å². The molecule has 0 aromatic heterocycles. The first-order valence-electron chi connectivity index (χ1n) is 7.19. The Kier molecular flexibility index (Phi) is 8.17. The van der Waals surface area contributed by atoms with Crippen LogP contribution in [0.2, 0.25) is 0 Å². The molecule has 1 atom stereocenters. The Hall–Kier alpha value is -1.92. The highest BCUT2D eigenvalue weighted by atomic mass is 16.7. The molecule has 0 heterocycles. The van der Waals surface area contributed by atoms with E-state index >= 15 is 0 Å². The van der Waals surface area contributed by atoms with Crippen LogP contribution in [0.5, 0.6) is 0 Å². The van der Waals surface area contributed by atoms with E-state index in [4.69, 9.17) is 14.7 Å². The SMILES string of the molecule is CON(C)C(=O)[C@@H](CCCOCc1ccccc1)CC(=O)O. The molecule has 1 amide bonds. The van der Waals surface area contributed by atoms with Crippen LogP contribution in [0.1, 0.15) is 24.8 Å². The molecular weight excluding hydrogens is 286 g/mol. The van der Waals surface area contributed by atoms with Crippen molar-refractivity contribution >= 4 is 11.9 Å². The summed E-state index contributed by atoms with van der Waals surface area (Å²) in [6.45, 7) is 0.991. The van der Waals surface area contributed by atoms with E-state index < -0.39 is 11.9 Å². The number of benzene rings is 1. The number of aliphatic carboxylic acids is 1. The Bertz CT molecular complexity index is 463. The van der Waals surface area contributed by atoms with Gasteiger partial charge < -0.3 is 9.84 Å². The Morgan fingerprint density at radius 2 is 1.95 bits per heavy atom. The highest BCUT2D eigenvalue weighted by Gasteiger charge is 2.24. The lowest BCUT2D eigenvalue weighted by molar-refractivity contribution is -0.175. The molecule has 6 heteroatoms. The molecule has 0 bridgehead atoms. The fraction of sp³-hybridized carbons (Fsp3) is 0.500. The zero-order chi connectivity index (χ0) is 16.4. The number of carbonyl (C=O) groups is 2. The molecule has 0 radical (unpaired) electrons. The molecule has 1 N–H and O–H groups in total. The molecule has 22 heavy (non-hydrogen) atoms. The second-order valence-corrected chi connectivity index (χ2v) is 4.99. The molecule has 0 spiro atoms. The molecule has 1 rings (SSSR count). The van der Waals surface area contributed by atoms with Crippen LogP contribution in [0.4, 0.5) is 0 Å². The smallest absolute Gasteiger partial charge is 0.304 e. The second-order valence-electron chi connectivity index (χ2n) is 4.99. The van der Waals surface area contributed by atoms with Crippen LogP contribution in [-0.4, -0.2) is 42.8 Å². The summed E-state index contributed by atoms with van der Waals surface area (Å²) in [6, 6.07) is 9.79. The van der Waals surface area contributed by atoms with Crippen molar-refractivity contribution < 1.29 is 24.3 Å². The predicted molar refractivity (Wildman–Crippen MR) is 80.9 cm³/mol. The molecule has 0 unspecified atom stereocenters. The Morgan fingerprint density at radius 3 is 2.55 bits per heavy atom. The van der Waals surface area contributed by atoms with Gasteiger partial charge in [-0.05, 0) is 18.4 Å². The molecule has 0 aliphatic rings. The first kappa shape index (κ1) is 18.1. The number of carboxylic acid groups (broad SMARTS) is 1. The summed E-state index contributed by atoms with van der Waals surface area (Å²) in [5, 5.41) is 9.96. The Balaban J connectivity index is 2.33. The van der Waals surface area contributed by atoms with E-state index in [9.17, 15) is 9.59 Å². The van der Waals surface area contributed by atoms with Crippen LogP contribution in [0.25, 0.3) is 0 Å². The first-order chi connectivity index (χ1) is 10.5. The minimum atomic E-state index is -0.993. The molecule has 0 fully saturated rings. The van der Waals surface area contributed by atoms with Crippen molar-refractivity contribution in [3.05, 3.63) is 35.9 Å². The molecule has 6 nitrogen and oxygen atoms in total. The third kappa shape index (κ3) is 6.69. The maximum absolute atomic E-state index is 12.0. The molecule has 1 aromatic carbocycles. The van der Waals surface area contributed by atoms with Crippen molar-refractivity contribution in [2.45, 2.75) is 25.9 Å². The third-order valence-electron chi connectivity index (χ3n) is 3.31. The van der Waals surface area contributed by atoms with Crippen LogP contribution in [0.3, 0.4) is 0 Å². The number of hydroxylamine groups is 2. The highest BCUT2D eigenvalue weighted by molar-refractivity contribution is 5.82. The van der Waals surface area contributed by atoms with E-state index in [1.807, 2.05) is 30.3 Å². The zero-order valence-electron chi connectivity index (χ0n) is 13.0. The fourth-order valence-corrected chi connectivity index (χ4v) is 2.07. The monoisotopic (exact) mass is 309 g/mol. The van der Waals surface area contributed by atoms with Gasteiger partial charge in [-0.3, -0.25) is 14.4 Å². The van der Waals surface area contributed by atoms with Gasteiger partial charge in [0, 0.05) is 13.7 Å². The van der Waals surface area contributed by atoms with E-state index in [2.05, 4.69) is 0 Å². The van der Waals surface area contributed by atoms with Gasteiger partial charge in [-0.2, -0.15) is 0 Å². The van der Waals surface area contributed by atoms with Crippen LogP contribution in [0.15, 0.2) is 30.3 Å². The number of ether oxygens (including phenoxy) is 1. The van der Waals surface area contributed by atoms with Gasteiger partial charge in [0.2, 0.25) is 5.91 Å². The normalized spacial score (nSPS) is 11.9. The van der Waals surface area contributed by atoms with E-state index in [0.717, 1.165) is 10.6 Å². The summed E-state index contributed by atoms with van der Waals surface area (Å²) >= 11 is 0. The maximum atomic E-state index is 12.0. The highest BCUT2D eigenvalue weighted by Crippen LogP contribution is 2.15. The summed E-state index contributed by atoms with van der Waals surface area (Å²) in [7, 11) is 2.85. The largest absolute Gasteiger partial charge is 0.481 e. The predicted octanol–water partition coefficient (Wildman–Crippen LogP) is 2.09. The summed E-state index contributed by atoms with van der Waals surface area (Å²) in [5.74, 6) is -1.91. The Labute approximate surface area is 130 Å². The second kappa shape index (κ2) is 9.92. The molecule has 0 aliphatic carbocycles. The maximum Gasteiger partial charge on any atom is 0.304 e. The van der Waals surface area contributed by atoms with Crippen molar-refractivity contribution in [3.63, 3.8) is 0 Å². The number of hydrogen-bond donors (Lipinski definition) is 1. The standard InChI is InChI=1S/C16H23NO5/c1-17(21-2)16(20)14(11-15(18)19)9-6-10-22-12-13-7-4-3-5-8-13/h3-5,7-8,14H,6,9-12H2,1-2H3,(H,18,19)/t14-/m0/s1. The van der Waals surface area contributed by atoms with Crippen LogP contribution in [0, 0.1) is 5.92 Å². The lowest BCUT2D eigenvalue weighted by Gasteiger charge is -2.20. The van der Waals surface area contributed by atoms with Gasteiger partial charge in [0.15, 0.2) is 0 Å². The molecule has 0 saturated carbocycles. The topological polar surface area (TPSA) is 76.1 Å². The van der Waals surface area contributed by atoms with Crippen molar-refractivity contribution in [1.82, 2.24) is 5.06 Å². The van der Waals surface area contributed by atoms with Gasteiger partial charge in [0.1, 0.15) is 0 Å². The van der Waals surface area contributed by atoms with Crippen molar-refractivity contribution in [2.75, 3.05) is 20.8 Å². The van der Waals surface area contributed by atoms with Gasteiger partial charge in [0.05, 0.1) is 26.1 Å². The molecule has 0 aliphatic heterocycles. The molecule has 0 saturated heterocycles. The summed E-state index contributed by atoms with van der Waals surface area (Å²) < 4.78 is 5.54. The summed E-state index contributed by atoms with van der Waals surface area (Å²) in [4.78, 5) is 27.7. The van der Waals surface area contributed by atoms with Crippen LogP contribution < -0.4 is 0 Å². The van der Waals surface area contributed by atoms with E-state index in [-0.39, 0.29) is 12.3 Å². The van der Waals surface area contributed by atoms with Gasteiger partial charge >= 0.3 is 5.97 Å². The van der Waals surface area contributed by atoms with Gasteiger partial charge in [-0.25, -0.2) is 5.06 Å². The number of carboxylic acids is 1. The lowest BCUT2D eigenvalue weighted by Crippen LogP contribution is -2.33. The summed E-state index contributed by atoms with van der Waals surface area (Å²) in [6.07, 6.45) is 0.868. The van der Waals surface area contributed by atoms with E-state index in [0.29, 0.717) is 26.1 Å². The van der Waals surface area contributed by atoms with Gasteiger partial charge in [-0.1, -0.05) is 30.3 Å². The third-order valence-corrected chi connectivity index (χ3v) is 3.31. The average molecular weight is 309 g/mol. The van der Waals surface area contributed by atoms with Gasteiger partial charge in [0.25, 0.3) is 0 Å². The zero-order valence-corrected chi connectivity index (χ0v) is 13.0. The van der Waals surface area contributed by atoms with Crippen LogP contribution >= 0.6 is 0 Å². The quantitative estimate of drug-likeness (QED) is 0.529. The average Bonchev–Trinajstić information content (AvgIpc) is 2.52. The van der Waals surface area contributed by atoms with E-state index in [1.165, 1.54) is 14.2 Å². The number of nitrogens with zero attached hydrogens (tertiary/aromatic N) is 1. The van der Waals surface area contributed by atoms with Crippen molar-refractivity contribution in [1.29, 1.82) is 0 Å². The number of rotatable bonds is 10. The number of amides is 1. The minimum Gasteiger partial charge on any atom is -0.481 e. The van der Waals surface area contributed by atoms with Crippen LogP contribution in [-0.2, 0) is 25.8 Å². The Morgan fingerprint density at radius 1 is 1.27 bits per heavy atom. The van der Waals surface area contributed by atoms with Crippen molar-refractivity contribution in [3.8, 4) is 0 Å². The molecule has 1 aromatic rings. The number of carbonyl (C=O) groups excluding carboxylic acids is 1. The molecular formula is C16H23NO5. The first-order valence-corrected chi connectivity index (χ1v) is 7.19. The number of hydrogen-bond acceptors (Lipinski definition) is 4. The fourth-order valence-electron chi connectivity index (χ4n) is 2.07.